The zero-order chi connectivity index (χ0) is 10.8. The number of benzene rings is 1. The second-order valence-electron chi connectivity index (χ2n) is 2.48. The number of hydrogen-bond donors (Lipinski definition) is 1. The Labute approximate surface area is 76.5 Å². The minimum Gasteiger partial charge on any atom is -0.411 e. The van der Waals surface area contributed by atoms with Crippen molar-refractivity contribution in [1.29, 1.82) is 0 Å². The molecule has 76 valence electrons. The average molecular weight is 207 g/mol. The first-order valence-electron chi connectivity index (χ1n) is 3.49. The van der Waals surface area contributed by atoms with Crippen LogP contribution in [0.4, 0.5) is 17.6 Å². The Kier molecular flexibility index (Phi) is 2.73. The average Bonchev–Trinajstić information content (AvgIpc) is 2.07. The summed E-state index contributed by atoms with van der Waals surface area (Å²) in [5.74, 6) is -0.879. The van der Waals surface area contributed by atoms with Gasteiger partial charge < -0.3 is 5.21 Å². The third-order valence-electron chi connectivity index (χ3n) is 1.52. The van der Waals surface area contributed by atoms with Gasteiger partial charge in [-0.2, -0.15) is 13.2 Å². The van der Waals surface area contributed by atoms with Gasteiger partial charge in [0.05, 0.1) is 11.8 Å². The Hall–Kier alpha value is -1.59. The maximum Gasteiger partial charge on any atom is 0.416 e. The topological polar surface area (TPSA) is 32.6 Å². The summed E-state index contributed by atoms with van der Waals surface area (Å²) in [6.07, 6.45) is -3.93. The number of halogens is 4. The summed E-state index contributed by atoms with van der Waals surface area (Å²) in [6.45, 7) is 0. The van der Waals surface area contributed by atoms with E-state index in [0.29, 0.717) is 24.4 Å². The molecule has 0 saturated heterocycles. The highest BCUT2D eigenvalue weighted by atomic mass is 19.4. The number of hydrogen-bond acceptors (Lipinski definition) is 2. The lowest BCUT2D eigenvalue weighted by Crippen LogP contribution is -2.06. The first kappa shape index (κ1) is 10.5. The molecule has 0 aliphatic heterocycles. The van der Waals surface area contributed by atoms with Gasteiger partial charge in [0.1, 0.15) is 5.82 Å². The predicted molar refractivity (Wildman–Crippen MR) is 40.8 cm³/mol. The molecular weight excluding hydrogens is 202 g/mol. The van der Waals surface area contributed by atoms with Crippen LogP contribution in [0.5, 0.6) is 0 Å². The lowest BCUT2D eigenvalue weighted by atomic mass is 10.1. The van der Waals surface area contributed by atoms with Crippen molar-refractivity contribution in [2.45, 2.75) is 6.18 Å². The smallest absolute Gasteiger partial charge is 0.411 e. The summed E-state index contributed by atoms with van der Waals surface area (Å²) in [5.41, 5.74) is -1.41. The summed E-state index contributed by atoms with van der Waals surface area (Å²) < 4.78 is 49.1. The molecule has 0 saturated carbocycles. The minimum atomic E-state index is -4.54. The van der Waals surface area contributed by atoms with Gasteiger partial charge in [-0.05, 0) is 18.2 Å². The molecule has 1 N–H and O–H groups in total. The molecule has 2 nitrogen and oxygen atoms in total. The lowest BCUT2D eigenvalue weighted by molar-refractivity contribution is -0.137. The van der Waals surface area contributed by atoms with Crippen molar-refractivity contribution in [2.24, 2.45) is 5.16 Å². The van der Waals surface area contributed by atoms with E-state index in [1.165, 1.54) is 0 Å². The van der Waals surface area contributed by atoms with E-state index < -0.39 is 23.1 Å². The van der Waals surface area contributed by atoms with Crippen LogP contribution in [0, 0.1) is 5.82 Å². The highest BCUT2D eigenvalue weighted by molar-refractivity contribution is 5.79. The van der Waals surface area contributed by atoms with Gasteiger partial charge in [-0.3, -0.25) is 0 Å². The fraction of sp³-hybridized carbons (Fsp3) is 0.125. The van der Waals surface area contributed by atoms with E-state index in [0.717, 1.165) is 0 Å². The minimum absolute atomic E-state index is 0.415. The van der Waals surface area contributed by atoms with E-state index in [1.807, 2.05) is 0 Å². The van der Waals surface area contributed by atoms with Crippen LogP contribution < -0.4 is 0 Å². The van der Waals surface area contributed by atoms with Crippen molar-refractivity contribution < 1.29 is 22.8 Å². The van der Waals surface area contributed by atoms with E-state index >= 15 is 0 Å². The van der Waals surface area contributed by atoms with Gasteiger partial charge >= 0.3 is 6.18 Å². The Morgan fingerprint density at radius 1 is 1.29 bits per heavy atom. The maximum absolute atomic E-state index is 12.8. The fourth-order valence-corrected chi connectivity index (χ4v) is 0.881. The molecule has 0 aliphatic carbocycles. The van der Waals surface area contributed by atoms with Crippen LogP contribution in [0.3, 0.4) is 0 Å². The molecule has 0 unspecified atom stereocenters. The Bertz CT molecular complexity index is 359. The molecule has 0 fully saturated rings. The third kappa shape index (κ3) is 2.21. The molecule has 6 heteroatoms. The van der Waals surface area contributed by atoms with Crippen molar-refractivity contribution in [3.05, 3.63) is 35.1 Å². The van der Waals surface area contributed by atoms with Crippen LogP contribution in [-0.2, 0) is 6.18 Å². The molecular formula is C8H5F4NO. The lowest BCUT2D eigenvalue weighted by Gasteiger charge is -2.06. The number of alkyl halides is 3. The zero-order valence-corrected chi connectivity index (χ0v) is 6.72. The van der Waals surface area contributed by atoms with Crippen LogP contribution in [0.25, 0.3) is 0 Å². The van der Waals surface area contributed by atoms with Crippen molar-refractivity contribution in [3.63, 3.8) is 0 Å². The van der Waals surface area contributed by atoms with Gasteiger partial charge in [-0.25, -0.2) is 4.39 Å². The zero-order valence-electron chi connectivity index (χ0n) is 6.72. The van der Waals surface area contributed by atoms with Gasteiger partial charge in [0.15, 0.2) is 0 Å². The van der Waals surface area contributed by atoms with E-state index in [1.54, 1.807) is 0 Å². The van der Waals surface area contributed by atoms with E-state index in [2.05, 4.69) is 5.16 Å². The second-order valence-corrected chi connectivity index (χ2v) is 2.48. The van der Waals surface area contributed by atoms with Gasteiger partial charge in [0.25, 0.3) is 0 Å². The van der Waals surface area contributed by atoms with E-state index in [-0.39, 0.29) is 0 Å². The predicted octanol–water partition coefficient (Wildman–Crippen LogP) is 2.65. The van der Waals surface area contributed by atoms with E-state index in [4.69, 9.17) is 5.21 Å². The van der Waals surface area contributed by atoms with Crippen molar-refractivity contribution in [2.75, 3.05) is 0 Å². The normalized spacial score (nSPS) is 12.3. The molecule has 14 heavy (non-hydrogen) atoms. The molecule has 0 radical (unpaired) electrons. The molecule has 1 rings (SSSR count). The highest BCUT2D eigenvalue weighted by Crippen LogP contribution is 2.29. The Morgan fingerprint density at radius 3 is 2.43 bits per heavy atom. The second kappa shape index (κ2) is 3.65. The molecule has 0 atom stereocenters. The molecule has 0 bridgehead atoms. The van der Waals surface area contributed by atoms with Crippen molar-refractivity contribution in [3.8, 4) is 0 Å². The van der Waals surface area contributed by atoms with Gasteiger partial charge in [0.2, 0.25) is 0 Å². The molecule has 1 aromatic rings. The number of rotatable bonds is 1. The Morgan fingerprint density at radius 2 is 1.93 bits per heavy atom. The summed E-state index contributed by atoms with van der Waals surface area (Å²) in [6, 6.07) is 1.85. The van der Waals surface area contributed by atoms with Crippen LogP contribution in [0.15, 0.2) is 23.4 Å². The van der Waals surface area contributed by atoms with Gasteiger partial charge in [0, 0.05) is 5.56 Å². The highest BCUT2D eigenvalue weighted by Gasteiger charge is 2.30. The molecule has 0 heterocycles. The maximum atomic E-state index is 12.8. The summed E-state index contributed by atoms with van der Waals surface area (Å²) >= 11 is 0. The van der Waals surface area contributed by atoms with Crippen molar-refractivity contribution >= 4 is 6.21 Å². The SMILES string of the molecule is O/N=C\c1cc(C(F)(F)F)ccc1F. The molecule has 0 amide bonds. The van der Waals surface area contributed by atoms with Gasteiger partial charge in [-0.15, -0.1) is 0 Å². The quantitative estimate of drug-likeness (QED) is 0.326. The first-order valence-corrected chi connectivity index (χ1v) is 3.49. The van der Waals surface area contributed by atoms with Crippen LogP contribution in [-0.4, -0.2) is 11.4 Å². The third-order valence-corrected chi connectivity index (χ3v) is 1.52. The monoisotopic (exact) mass is 207 g/mol. The molecule has 0 aromatic heterocycles. The van der Waals surface area contributed by atoms with Crippen LogP contribution >= 0.6 is 0 Å². The van der Waals surface area contributed by atoms with Crippen LogP contribution in [0.1, 0.15) is 11.1 Å². The largest absolute Gasteiger partial charge is 0.416 e. The van der Waals surface area contributed by atoms with Gasteiger partial charge in [-0.1, -0.05) is 5.16 Å². The Balaban J connectivity index is 3.19. The number of nitrogens with zero attached hydrogens (tertiary/aromatic N) is 1. The summed E-state index contributed by atoms with van der Waals surface area (Å²) in [5, 5.41) is 10.5. The van der Waals surface area contributed by atoms with Crippen molar-refractivity contribution in [1.82, 2.24) is 0 Å². The molecule has 1 aromatic carbocycles. The fourth-order valence-electron chi connectivity index (χ4n) is 0.881. The number of oxime groups is 1. The van der Waals surface area contributed by atoms with Crippen LogP contribution in [0.2, 0.25) is 0 Å². The summed E-state index contributed by atoms with van der Waals surface area (Å²) in [7, 11) is 0. The first-order chi connectivity index (χ1) is 6.45. The standard InChI is InChI=1S/C8H5F4NO/c9-7-2-1-6(8(10,11)12)3-5(7)4-13-14/h1-4,14H/b13-4-. The summed E-state index contributed by atoms with van der Waals surface area (Å²) in [4.78, 5) is 0. The van der Waals surface area contributed by atoms with E-state index in [9.17, 15) is 17.6 Å². The molecule has 0 spiro atoms. The molecule has 0 aliphatic rings.